The van der Waals surface area contributed by atoms with Gasteiger partial charge in [-0.05, 0) is 36.6 Å². The molecular weight excluding hydrogens is 278 g/mol. The van der Waals surface area contributed by atoms with Crippen LogP contribution in [0.2, 0.25) is 0 Å². The average Bonchev–Trinajstić information content (AvgIpc) is 2.32. The summed E-state index contributed by atoms with van der Waals surface area (Å²) >= 11 is 3.42. The summed E-state index contributed by atoms with van der Waals surface area (Å²) in [4.78, 5) is 0. The van der Waals surface area contributed by atoms with Crippen LogP contribution in [-0.4, -0.2) is 5.11 Å². The van der Waals surface area contributed by atoms with E-state index >= 15 is 0 Å². The fraction of sp³-hybridized carbons (Fsp3) is 0.286. The lowest BCUT2D eigenvalue weighted by Crippen LogP contribution is -1.98. The molecule has 0 heterocycles. The third-order valence-electron chi connectivity index (χ3n) is 3.17. The van der Waals surface area contributed by atoms with E-state index in [0.29, 0.717) is 5.75 Å². The van der Waals surface area contributed by atoms with Gasteiger partial charge in [-0.1, -0.05) is 35.3 Å². The third-order valence-corrected chi connectivity index (χ3v) is 3.66. The molecule has 2 nitrogen and oxygen atoms in total. The van der Waals surface area contributed by atoms with E-state index in [1.165, 1.54) is 0 Å². The van der Waals surface area contributed by atoms with E-state index in [9.17, 15) is 5.11 Å². The van der Waals surface area contributed by atoms with Crippen LogP contribution in [0.1, 0.15) is 24.5 Å². The first-order valence-corrected chi connectivity index (χ1v) is 6.54. The Morgan fingerprint density at radius 3 is 2.65 bits per heavy atom. The molecule has 0 radical (unpaired) electrons. The van der Waals surface area contributed by atoms with E-state index in [0.717, 1.165) is 44.9 Å². The van der Waals surface area contributed by atoms with Crippen LogP contribution >= 0.6 is 15.9 Å². The quantitative estimate of drug-likeness (QED) is 0.645. The minimum atomic E-state index is 0.370. The smallest absolute Gasteiger partial charge is 0.127 e. The van der Waals surface area contributed by atoms with E-state index in [1.807, 2.05) is 25.1 Å². The summed E-state index contributed by atoms with van der Waals surface area (Å²) in [6.07, 6.45) is 1.84. The molecule has 2 rings (SSSR count). The number of nitrogens with two attached hydrogens (primary N) is 1. The van der Waals surface area contributed by atoms with Gasteiger partial charge >= 0.3 is 0 Å². The number of fused-ring (bicyclic) bond motifs is 1. The first-order valence-electron chi connectivity index (χ1n) is 5.75. The van der Waals surface area contributed by atoms with Crippen molar-refractivity contribution in [3.63, 3.8) is 0 Å². The number of hydrogen-bond donors (Lipinski definition) is 2. The van der Waals surface area contributed by atoms with Gasteiger partial charge in [0.15, 0.2) is 0 Å². The minimum Gasteiger partial charge on any atom is -0.507 e. The molecule has 17 heavy (non-hydrogen) atoms. The van der Waals surface area contributed by atoms with Gasteiger partial charge in [0.2, 0.25) is 0 Å². The van der Waals surface area contributed by atoms with Crippen LogP contribution in [-0.2, 0) is 6.42 Å². The number of benzene rings is 2. The van der Waals surface area contributed by atoms with Crippen LogP contribution in [0.5, 0.6) is 5.75 Å². The highest BCUT2D eigenvalue weighted by Gasteiger charge is 2.14. The largest absolute Gasteiger partial charge is 0.507 e. The normalized spacial score (nSPS) is 11.0. The first-order chi connectivity index (χ1) is 8.06. The maximum atomic E-state index is 10.3. The average molecular weight is 294 g/mol. The first kappa shape index (κ1) is 12.2. The van der Waals surface area contributed by atoms with E-state index in [4.69, 9.17) is 5.73 Å². The number of anilines is 1. The van der Waals surface area contributed by atoms with Crippen LogP contribution in [0, 0.1) is 6.92 Å². The lowest BCUT2D eigenvalue weighted by Gasteiger charge is -2.14. The molecule has 0 saturated carbocycles. The van der Waals surface area contributed by atoms with E-state index in [2.05, 4.69) is 22.9 Å². The summed E-state index contributed by atoms with van der Waals surface area (Å²) in [5.74, 6) is 0.370. The molecule has 0 aliphatic carbocycles. The summed E-state index contributed by atoms with van der Waals surface area (Å²) in [6, 6.07) is 5.80. The Morgan fingerprint density at radius 1 is 1.29 bits per heavy atom. The number of rotatable bonds is 2. The molecule has 0 saturated heterocycles. The Labute approximate surface area is 110 Å². The van der Waals surface area contributed by atoms with Gasteiger partial charge in [-0.2, -0.15) is 0 Å². The second kappa shape index (κ2) is 4.57. The van der Waals surface area contributed by atoms with Crippen LogP contribution in [0.3, 0.4) is 0 Å². The predicted octanol–water partition coefficient (Wildman–Crippen LogP) is 4.15. The van der Waals surface area contributed by atoms with Gasteiger partial charge in [0.05, 0.1) is 0 Å². The second-order valence-corrected chi connectivity index (χ2v) is 5.22. The minimum absolute atomic E-state index is 0.370. The molecule has 0 amide bonds. The van der Waals surface area contributed by atoms with Gasteiger partial charge in [0.25, 0.3) is 0 Å². The van der Waals surface area contributed by atoms with Crippen molar-refractivity contribution in [2.75, 3.05) is 5.73 Å². The zero-order valence-electron chi connectivity index (χ0n) is 10.0. The van der Waals surface area contributed by atoms with Crippen molar-refractivity contribution in [2.45, 2.75) is 26.7 Å². The maximum Gasteiger partial charge on any atom is 0.127 e. The van der Waals surface area contributed by atoms with E-state index < -0.39 is 0 Å². The van der Waals surface area contributed by atoms with Crippen LogP contribution < -0.4 is 5.73 Å². The van der Waals surface area contributed by atoms with Crippen LogP contribution in [0.25, 0.3) is 10.8 Å². The van der Waals surface area contributed by atoms with Crippen molar-refractivity contribution in [3.05, 3.63) is 33.8 Å². The Morgan fingerprint density at radius 2 is 2.00 bits per heavy atom. The molecule has 2 aromatic carbocycles. The molecule has 0 aliphatic heterocycles. The molecular formula is C14H16BrNO. The van der Waals surface area contributed by atoms with Crippen molar-refractivity contribution in [1.29, 1.82) is 0 Å². The fourth-order valence-corrected chi connectivity index (χ4v) is 2.57. The van der Waals surface area contributed by atoms with Crippen molar-refractivity contribution < 1.29 is 5.11 Å². The van der Waals surface area contributed by atoms with Crippen LogP contribution in [0.4, 0.5) is 5.69 Å². The molecule has 0 aliphatic rings. The summed E-state index contributed by atoms with van der Waals surface area (Å²) in [5.41, 5.74) is 8.88. The number of phenols is 1. The van der Waals surface area contributed by atoms with E-state index in [-0.39, 0.29) is 0 Å². The number of aromatic hydroxyl groups is 1. The topological polar surface area (TPSA) is 46.2 Å². The molecule has 90 valence electrons. The Kier molecular flexibility index (Phi) is 3.29. The summed E-state index contributed by atoms with van der Waals surface area (Å²) in [7, 11) is 0. The molecule has 0 bridgehead atoms. The van der Waals surface area contributed by atoms with Gasteiger partial charge in [-0.3, -0.25) is 0 Å². The van der Waals surface area contributed by atoms with Crippen molar-refractivity contribution in [2.24, 2.45) is 0 Å². The maximum absolute atomic E-state index is 10.3. The number of phenolic OH excluding ortho intramolecular Hbond substituents is 1. The molecule has 2 aromatic rings. The zero-order valence-corrected chi connectivity index (χ0v) is 11.6. The van der Waals surface area contributed by atoms with Gasteiger partial charge in [0, 0.05) is 20.9 Å². The molecule has 0 spiro atoms. The third kappa shape index (κ3) is 2.00. The van der Waals surface area contributed by atoms with E-state index in [1.54, 1.807) is 0 Å². The standard InChI is InChI=1S/C14H16BrNO/c1-3-4-10-8(2)13(16)11-6-5-9(15)7-12(11)14(10)17/h5-7,17H,3-4,16H2,1-2H3. The Balaban J connectivity index is 2.85. The second-order valence-electron chi connectivity index (χ2n) is 4.31. The number of halogens is 1. The molecule has 3 heteroatoms. The lowest BCUT2D eigenvalue weighted by atomic mass is 9.95. The Hall–Kier alpha value is -1.22. The fourth-order valence-electron chi connectivity index (χ4n) is 2.21. The molecule has 0 fully saturated rings. The van der Waals surface area contributed by atoms with Crippen molar-refractivity contribution >= 4 is 32.4 Å². The number of nitrogen functional groups attached to an aromatic ring is 1. The van der Waals surface area contributed by atoms with Gasteiger partial charge in [-0.15, -0.1) is 0 Å². The number of hydrogen-bond acceptors (Lipinski definition) is 2. The zero-order chi connectivity index (χ0) is 12.6. The summed E-state index contributed by atoms with van der Waals surface area (Å²) < 4.78 is 0.950. The van der Waals surface area contributed by atoms with Gasteiger partial charge in [-0.25, -0.2) is 0 Å². The molecule has 0 aromatic heterocycles. The highest BCUT2D eigenvalue weighted by atomic mass is 79.9. The Bertz CT molecular complexity index is 578. The highest BCUT2D eigenvalue weighted by Crippen LogP contribution is 2.38. The van der Waals surface area contributed by atoms with Crippen molar-refractivity contribution in [1.82, 2.24) is 0 Å². The van der Waals surface area contributed by atoms with Crippen LogP contribution in [0.15, 0.2) is 22.7 Å². The molecule has 0 atom stereocenters. The highest BCUT2D eigenvalue weighted by molar-refractivity contribution is 9.10. The monoisotopic (exact) mass is 293 g/mol. The molecule has 3 N–H and O–H groups in total. The van der Waals surface area contributed by atoms with Gasteiger partial charge in [0.1, 0.15) is 5.75 Å². The predicted molar refractivity (Wildman–Crippen MR) is 76.5 cm³/mol. The lowest BCUT2D eigenvalue weighted by molar-refractivity contribution is 0.473. The molecule has 0 unspecified atom stereocenters. The van der Waals surface area contributed by atoms with Crippen molar-refractivity contribution in [3.8, 4) is 5.75 Å². The summed E-state index contributed by atoms with van der Waals surface area (Å²) in [5, 5.41) is 12.1. The SMILES string of the molecule is CCCc1c(C)c(N)c2ccc(Br)cc2c1O. The summed E-state index contributed by atoms with van der Waals surface area (Å²) in [6.45, 7) is 4.07. The van der Waals surface area contributed by atoms with Gasteiger partial charge < -0.3 is 10.8 Å².